The topological polar surface area (TPSA) is 26.3 Å². The van der Waals surface area contributed by atoms with Crippen LogP contribution in [-0.4, -0.2) is 18.5 Å². The van der Waals surface area contributed by atoms with E-state index in [0.29, 0.717) is 13.0 Å². The van der Waals surface area contributed by atoms with Crippen molar-refractivity contribution in [3.05, 3.63) is 35.4 Å². The minimum Gasteiger partial charge on any atom is -0.370 e. The van der Waals surface area contributed by atoms with Gasteiger partial charge in [-0.1, -0.05) is 25.5 Å². The molecule has 0 saturated heterocycles. The first-order chi connectivity index (χ1) is 8.90. The van der Waals surface area contributed by atoms with Crippen molar-refractivity contribution in [1.29, 1.82) is 0 Å². The van der Waals surface area contributed by atoms with Crippen LogP contribution in [0.1, 0.15) is 42.6 Å². The number of hydrogen-bond acceptors (Lipinski definition) is 2. The third kappa shape index (κ3) is 4.35. The third-order valence-corrected chi connectivity index (χ3v) is 2.71. The van der Waals surface area contributed by atoms with Crippen molar-refractivity contribution in [2.24, 2.45) is 0 Å². The van der Waals surface area contributed by atoms with Gasteiger partial charge in [0.25, 0.3) is 0 Å². The van der Waals surface area contributed by atoms with Crippen molar-refractivity contribution in [1.82, 2.24) is 0 Å². The lowest BCUT2D eigenvalue weighted by Crippen LogP contribution is -2.24. The summed E-state index contributed by atoms with van der Waals surface area (Å²) >= 11 is 0. The molecule has 0 saturated carbocycles. The van der Waals surface area contributed by atoms with Gasteiger partial charge in [-0.3, -0.25) is 4.79 Å². The van der Waals surface area contributed by atoms with Crippen molar-refractivity contribution in [2.75, 3.05) is 6.61 Å². The quantitative estimate of drug-likeness (QED) is 0.730. The molecule has 0 amide bonds. The van der Waals surface area contributed by atoms with Crippen molar-refractivity contribution in [2.45, 2.75) is 39.0 Å². The minimum atomic E-state index is -4.38. The molecule has 1 atom stereocenters. The molecule has 0 aliphatic rings. The normalized spacial score (nSPS) is 13.3. The van der Waals surface area contributed by atoms with Crippen LogP contribution in [-0.2, 0) is 10.9 Å². The average Bonchev–Trinajstić information content (AvgIpc) is 2.37. The predicted molar refractivity (Wildman–Crippen MR) is 66.1 cm³/mol. The third-order valence-electron chi connectivity index (χ3n) is 2.71. The highest BCUT2D eigenvalue weighted by molar-refractivity contribution is 5.99. The highest BCUT2D eigenvalue weighted by Gasteiger charge is 2.30. The molecule has 0 spiro atoms. The number of ketones is 1. The molecule has 1 aromatic carbocycles. The molecule has 106 valence electrons. The maximum absolute atomic E-state index is 12.4. The molecular weight excluding hydrogens is 257 g/mol. The monoisotopic (exact) mass is 274 g/mol. The zero-order valence-electron chi connectivity index (χ0n) is 11.0. The number of benzene rings is 1. The largest absolute Gasteiger partial charge is 0.416 e. The Morgan fingerprint density at radius 2 is 1.79 bits per heavy atom. The maximum atomic E-state index is 12.4. The molecule has 0 heterocycles. The lowest BCUT2D eigenvalue weighted by molar-refractivity contribution is -0.137. The smallest absolute Gasteiger partial charge is 0.370 e. The van der Waals surface area contributed by atoms with E-state index in [-0.39, 0.29) is 11.3 Å². The van der Waals surface area contributed by atoms with Crippen LogP contribution in [0, 0.1) is 0 Å². The Labute approximate surface area is 110 Å². The number of alkyl halides is 3. The maximum Gasteiger partial charge on any atom is 0.416 e. The summed E-state index contributed by atoms with van der Waals surface area (Å²) in [6.07, 6.45) is -3.62. The van der Waals surface area contributed by atoms with Gasteiger partial charge in [0.05, 0.1) is 5.56 Å². The first-order valence-electron chi connectivity index (χ1n) is 6.23. The number of hydrogen-bond donors (Lipinski definition) is 0. The lowest BCUT2D eigenvalue weighted by Gasteiger charge is -2.15. The van der Waals surface area contributed by atoms with E-state index in [1.54, 1.807) is 6.92 Å². The fourth-order valence-electron chi connectivity index (χ4n) is 1.76. The van der Waals surface area contributed by atoms with Gasteiger partial charge < -0.3 is 4.74 Å². The summed E-state index contributed by atoms with van der Waals surface area (Å²) in [5.74, 6) is -0.266. The van der Waals surface area contributed by atoms with Crippen LogP contribution in [0.3, 0.4) is 0 Å². The first-order valence-corrected chi connectivity index (χ1v) is 6.23. The predicted octanol–water partition coefficient (Wildman–Crippen LogP) is 4.09. The Kier molecular flexibility index (Phi) is 5.54. The molecule has 5 heteroatoms. The van der Waals surface area contributed by atoms with Crippen molar-refractivity contribution >= 4 is 5.78 Å². The second-order valence-electron chi connectivity index (χ2n) is 4.17. The number of ether oxygens (including phenoxy) is 1. The van der Waals surface area contributed by atoms with Gasteiger partial charge in [0.15, 0.2) is 5.78 Å². The summed E-state index contributed by atoms with van der Waals surface area (Å²) in [7, 11) is 0. The van der Waals surface area contributed by atoms with Gasteiger partial charge >= 0.3 is 6.18 Å². The molecule has 0 radical (unpaired) electrons. The fraction of sp³-hybridized carbons (Fsp3) is 0.500. The molecule has 0 fully saturated rings. The average molecular weight is 274 g/mol. The van der Waals surface area contributed by atoms with Crippen LogP contribution in [0.4, 0.5) is 13.2 Å². The summed E-state index contributed by atoms with van der Waals surface area (Å²) < 4.78 is 42.6. The number of Topliss-reactive ketones (excluding diaryl/α,β-unsaturated/α-hetero) is 1. The van der Waals surface area contributed by atoms with Crippen LogP contribution in [0.25, 0.3) is 0 Å². The number of carbonyl (C=O) groups excluding carboxylic acids is 1. The van der Waals surface area contributed by atoms with E-state index in [0.717, 1.165) is 18.6 Å². The first kappa shape index (κ1) is 15.7. The summed E-state index contributed by atoms with van der Waals surface area (Å²) in [4.78, 5) is 12.1. The standard InChI is InChI=1S/C14H17F3O2/c1-3-5-12(19-4-2)13(18)10-6-8-11(9-7-10)14(15,16)17/h6-9,12H,3-5H2,1-2H3. The van der Waals surface area contributed by atoms with E-state index >= 15 is 0 Å². The van der Waals surface area contributed by atoms with Crippen LogP contribution in [0.15, 0.2) is 24.3 Å². The van der Waals surface area contributed by atoms with Gasteiger partial charge in [0.2, 0.25) is 0 Å². The highest BCUT2D eigenvalue weighted by atomic mass is 19.4. The van der Waals surface area contributed by atoms with E-state index in [2.05, 4.69) is 0 Å². The summed E-state index contributed by atoms with van der Waals surface area (Å²) in [5, 5.41) is 0. The molecule has 0 bridgehead atoms. The highest BCUT2D eigenvalue weighted by Crippen LogP contribution is 2.29. The molecule has 0 aliphatic heterocycles. The fourth-order valence-corrected chi connectivity index (χ4v) is 1.76. The SMILES string of the molecule is CCCC(OCC)C(=O)c1ccc(C(F)(F)F)cc1. The number of carbonyl (C=O) groups is 1. The van der Waals surface area contributed by atoms with Crippen LogP contribution in [0.2, 0.25) is 0 Å². The zero-order chi connectivity index (χ0) is 14.5. The van der Waals surface area contributed by atoms with Crippen LogP contribution >= 0.6 is 0 Å². The van der Waals surface area contributed by atoms with E-state index in [1.165, 1.54) is 12.1 Å². The molecule has 1 rings (SSSR count). The Bertz CT molecular complexity index is 404. The second-order valence-corrected chi connectivity index (χ2v) is 4.17. The van der Waals surface area contributed by atoms with Crippen molar-refractivity contribution in [3.63, 3.8) is 0 Å². The van der Waals surface area contributed by atoms with Crippen molar-refractivity contribution in [3.8, 4) is 0 Å². The van der Waals surface area contributed by atoms with E-state index in [9.17, 15) is 18.0 Å². The van der Waals surface area contributed by atoms with Gasteiger partial charge in [0, 0.05) is 12.2 Å². The van der Waals surface area contributed by atoms with Gasteiger partial charge in [-0.2, -0.15) is 13.2 Å². The summed E-state index contributed by atoms with van der Waals surface area (Å²) in [6.45, 7) is 4.10. The Morgan fingerprint density at radius 1 is 1.21 bits per heavy atom. The number of halogens is 3. The molecule has 2 nitrogen and oxygen atoms in total. The van der Waals surface area contributed by atoms with Gasteiger partial charge in [0.1, 0.15) is 6.10 Å². The molecule has 0 aromatic heterocycles. The van der Waals surface area contributed by atoms with Gasteiger partial charge in [-0.25, -0.2) is 0 Å². The van der Waals surface area contributed by atoms with Crippen molar-refractivity contribution < 1.29 is 22.7 Å². The van der Waals surface area contributed by atoms with Gasteiger partial charge in [-0.15, -0.1) is 0 Å². The molecule has 1 unspecified atom stereocenters. The zero-order valence-corrected chi connectivity index (χ0v) is 11.0. The van der Waals surface area contributed by atoms with E-state index < -0.39 is 17.8 Å². The van der Waals surface area contributed by atoms with Crippen LogP contribution < -0.4 is 0 Å². The Morgan fingerprint density at radius 3 is 2.21 bits per heavy atom. The van der Waals surface area contributed by atoms with E-state index in [4.69, 9.17) is 4.74 Å². The Balaban J connectivity index is 2.87. The lowest BCUT2D eigenvalue weighted by atomic mass is 10.0. The summed E-state index contributed by atoms with van der Waals surface area (Å²) in [6, 6.07) is 4.24. The van der Waals surface area contributed by atoms with Crippen LogP contribution in [0.5, 0.6) is 0 Å². The van der Waals surface area contributed by atoms with Gasteiger partial charge in [-0.05, 0) is 25.5 Å². The summed E-state index contributed by atoms with van der Waals surface area (Å²) in [5.41, 5.74) is -0.507. The second kappa shape index (κ2) is 6.70. The number of rotatable bonds is 6. The molecular formula is C14H17F3O2. The molecule has 1 aromatic rings. The molecule has 0 aliphatic carbocycles. The Hall–Kier alpha value is -1.36. The minimum absolute atomic E-state index is 0.250. The van der Waals surface area contributed by atoms with E-state index in [1.807, 2.05) is 6.92 Å². The molecule has 0 N–H and O–H groups in total. The molecule has 19 heavy (non-hydrogen) atoms.